The average Bonchev–Trinajstić information content (AvgIpc) is 3.24. The summed E-state index contributed by atoms with van der Waals surface area (Å²) in [7, 11) is 0. The van der Waals surface area contributed by atoms with E-state index in [1.54, 1.807) is 6.26 Å². The molecule has 0 radical (unpaired) electrons. The van der Waals surface area contributed by atoms with Crippen LogP contribution in [0.15, 0.2) is 77.4 Å². The zero-order valence-corrected chi connectivity index (χ0v) is 12.6. The van der Waals surface area contributed by atoms with Gasteiger partial charge in [0.1, 0.15) is 17.6 Å². The van der Waals surface area contributed by atoms with Crippen molar-refractivity contribution in [2.45, 2.75) is 12.6 Å². The van der Waals surface area contributed by atoms with E-state index in [0.29, 0.717) is 0 Å². The second-order valence-corrected chi connectivity index (χ2v) is 5.52. The lowest BCUT2D eigenvalue weighted by molar-refractivity contribution is 0.476. The highest BCUT2D eigenvalue weighted by Crippen LogP contribution is 2.25. The van der Waals surface area contributed by atoms with Crippen molar-refractivity contribution in [1.82, 2.24) is 9.55 Å². The summed E-state index contributed by atoms with van der Waals surface area (Å²) in [4.78, 5) is 4.74. The normalized spacial score (nSPS) is 12.6. The Labute approximate surface area is 134 Å². The van der Waals surface area contributed by atoms with Crippen molar-refractivity contribution < 1.29 is 4.42 Å². The minimum Gasteiger partial charge on any atom is -0.467 e. The number of benzene rings is 2. The number of imidazole rings is 1. The third kappa shape index (κ3) is 2.53. The second-order valence-electron chi connectivity index (χ2n) is 5.52. The topological polar surface area (TPSA) is 57.0 Å². The molecule has 2 aromatic carbocycles. The summed E-state index contributed by atoms with van der Waals surface area (Å²) >= 11 is 0. The molecule has 0 saturated heterocycles. The number of para-hydroxylation sites is 2. The number of furan rings is 1. The Morgan fingerprint density at radius 3 is 2.52 bits per heavy atom. The lowest BCUT2D eigenvalue weighted by Crippen LogP contribution is -2.18. The maximum Gasteiger partial charge on any atom is 0.135 e. The molecule has 4 rings (SSSR count). The van der Waals surface area contributed by atoms with Crippen molar-refractivity contribution in [1.29, 1.82) is 0 Å². The third-order valence-electron chi connectivity index (χ3n) is 4.00. The number of nitrogens with two attached hydrogens (primary N) is 1. The summed E-state index contributed by atoms with van der Waals surface area (Å²) in [5, 5.41) is 0. The second kappa shape index (κ2) is 5.74. The lowest BCUT2D eigenvalue weighted by Gasteiger charge is -2.13. The Balaban J connectivity index is 1.84. The van der Waals surface area contributed by atoms with Gasteiger partial charge in [-0.2, -0.15) is 0 Å². The van der Waals surface area contributed by atoms with Gasteiger partial charge in [-0.1, -0.05) is 42.5 Å². The molecule has 2 N–H and O–H groups in total. The summed E-state index contributed by atoms with van der Waals surface area (Å²) in [6.45, 7) is 0.727. The number of rotatable bonds is 4. The van der Waals surface area contributed by atoms with Gasteiger partial charge in [0.2, 0.25) is 0 Å². The third-order valence-corrected chi connectivity index (χ3v) is 4.00. The van der Waals surface area contributed by atoms with Crippen molar-refractivity contribution in [3.63, 3.8) is 0 Å². The molecule has 4 heteroatoms. The van der Waals surface area contributed by atoms with Gasteiger partial charge in [-0.05, 0) is 29.8 Å². The van der Waals surface area contributed by atoms with Crippen molar-refractivity contribution >= 4 is 11.0 Å². The molecule has 1 atom stereocenters. The van der Waals surface area contributed by atoms with Crippen LogP contribution in [-0.4, -0.2) is 9.55 Å². The van der Waals surface area contributed by atoms with E-state index in [2.05, 4.69) is 22.8 Å². The first-order chi connectivity index (χ1) is 11.3. The number of nitrogens with zero attached hydrogens (tertiary/aromatic N) is 2. The molecule has 0 spiro atoms. The van der Waals surface area contributed by atoms with E-state index in [9.17, 15) is 0 Å². The maximum atomic E-state index is 6.40. The fourth-order valence-electron chi connectivity index (χ4n) is 2.86. The minimum atomic E-state index is -0.388. The zero-order chi connectivity index (χ0) is 15.6. The molecule has 23 heavy (non-hydrogen) atoms. The number of hydrogen-bond acceptors (Lipinski definition) is 3. The summed E-state index contributed by atoms with van der Waals surface area (Å²) in [5.41, 5.74) is 9.64. The van der Waals surface area contributed by atoms with Crippen LogP contribution in [0.4, 0.5) is 0 Å². The molecule has 0 aliphatic rings. The van der Waals surface area contributed by atoms with Crippen LogP contribution >= 0.6 is 0 Å². The minimum absolute atomic E-state index is 0.388. The summed E-state index contributed by atoms with van der Waals surface area (Å²) in [6, 6.07) is 21.8. The fourth-order valence-corrected chi connectivity index (χ4v) is 2.86. The Kier molecular flexibility index (Phi) is 3.44. The first kappa shape index (κ1) is 13.8. The molecule has 0 aliphatic heterocycles. The van der Waals surface area contributed by atoms with Crippen molar-refractivity contribution in [3.05, 3.63) is 90.1 Å². The van der Waals surface area contributed by atoms with Crippen molar-refractivity contribution in [2.24, 2.45) is 5.73 Å². The van der Waals surface area contributed by atoms with Gasteiger partial charge < -0.3 is 14.7 Å². The molecule has 2 aromatic heterocycles. The van der Waals surface area contributed by atoms with Crippen LogP contribution in [0, 0.1) is 0 Å². The largest absolute Gasteiger partial charge is 0.467 e. The van der Waals surface area contributed by atoms with Gasteiger partial charge in [0, 0.05) is 6.54 Å². The van der Waals surface area contributed by atoms with Gasteiger partial charge in [0.25, 0.3) is 0 Å². The van der Waals surface area contributed by atoms with Crippen LogP contribution in [-0.2, 0) is 6.54 Å². The smallest absolute Gasteiger partial charge is 0.135 e. The first-order valence-corrected chi connectivity index (χ1v) is 7.61. The highest BCUT2D eigenvalue weighted by molar-refractivity contribution is 5.76. The van der Waals surface area contributed by atoms with E-state index >= 15 is 0 Å². The van der Waals surface area contributed by atoms with Crippen molar-refractivity contribution in [2.75, 3.05) is 0 Å². The molecule has 0 saturated carbocycles. The number of aromatic nitrogens is 2. The van der Waals surface area contributed by atoms with E-state index in [1.807, 2.05) is 48.5 Å². The monoisotopic (exact) mass is 303 g/mol. The SMILES string of the molecule is NC(c1ccco1)c1nc2ccccc2n1Cc1ccccc1. The van der Waals surface area contributed by atoms with Crippen LogP contribution in [0.5, 0.6) is 0 Å². The molecule has 4 aromatic rings. The van der Waals surface area contributed by atoms with Crippen LogP contribution in [0.2, 0.25) is 0 Å². The van der Waals surface area contributed by atoms with Gasteiger partial charge in [-0.3, -0.25) is 0 Å². The molecule has 0 amide bonds. The van der Waals surface area contributed by atoms with Gasteiger partial charge in [0.15, 0.2) is 0 Å². The molecule has 114 valence electrons. The van der Waals surface area contributed by atoms with Gasteiger partial charge in [-0.15, -0.1) is 0 Å². The molecule has 0 fully saturated rings. The van der Waals surface area contributed by atoms with E-state index < -0.39 is 0 Å². The van der Waals surface area contributed by atoms with Crippen LogP contribution in [0.3, 0.4) is 0 Å². The van der Waals surface area contributed by atoms with E-state index in [4.69, 9.17) is 15.1 Å². The summed E-state index contributed by atoms with van der Waals surface area (Å²) in [6.07, 6.45) is 1.64. The quantitative estimate of drug-likeness (QED) is 0.625. The van der Waals surface area contributed by atoms with Gasteiger partial charge in [0.05, 0.1) is 17.3 Å². The van der Waals surface area contributed by atoms with E-state index in [0.717, 1.165) is 29.2 Å². The average molecular weight is 303 g/mol. The lowest BCUT2D eigenvalue weighted by atomic mass is 10.2. The molecule has 2 heterocycles. The van der Waals surface area contributed by atoms with Crippen molar-refractivity contribution in [3.8, 4) is 0 Å². The molecular formula is C19H17N3O. The highest BCUT2D eigenvalue weighted by atomic mass is 16.3. The molecule has 0 aliphatic carbocycles. The predicted molar refractivity (Wildman–Crippen MR) is 90.0 cm³/mol. The number of fused-ring (bicyclic) bond motifs is 1. The van der Waals surface area contributed by atoms with E-state index in [1.165, 1.54) is 5.56 Å². The molecule has 4 nitrogen and oxygen atoms in total. The van der Waals surface area contributed by atoms with Crippen LogP contribution < -0.4 is 5.73 Å². The standard InChI is InChI=1S/C19H17N3O/c20-18(17-11-6-12-23-17)19-21-15-9-4-5-10-16(15)22(19)13-14-7-2-1-3-8-14/h1-12,18H,13,20H2. The van der Waals surface area contributed by atoms with E-state index in [-0.39, 0.29) is 6.04 Å². The number of hydrogen-bond donors (Lipinski definition) is 1. The Hall–Kier alpha value is -2.85. The highest BCUT2D eigenvalue weighted by Gasteiger charge is 2.20. The molecule has 1 unspecified atom stereocenters. The molecular weight excluding hydrogens is 286 g/mol. The van der Waals surface area contributed by atoms with Crippen LogP contribution in [0.1, 0.15) is 23.2 Å². The summed E-state index contributed by atoms with van der Waals surface area (Å²) < 4.78 is 7.64. The maximum absolute atomic E-state index is 6.40. The summed E-state index contributed by atoms with van der Waals surface area (Å²) in [5.74, 6) is 1.53. The first-order valence-electron chi connectivity index (χ1n) is 7.61. The molecule has 0 bridgehead atoms. The van der Waals surface area contributed by atoms with Gasteiger partial charge in [-0.25, -0.2) is 4.98 Å². The predicted octanol–water partition coefficient (Wildman–Crippen LogP) is 3.73. The van der Waals surface area contributed by atoms with Crippen LogP contribution in [0.25, 0.3) is 11.0 Å². The fraction of sp³-hybridized carbons (Fsp3) is 0.105. The zero-order valence-electron chi connectivity index (χ0n) is 12.6. The Morgan fingerprint density at radius 2 is 1.74 bits per heavy atom. The Bertz CT molecular complexity index is 910. The Morgan fingerprint density at radius 1 is 0.957 bits per heavy atom. The van der Waals surface area contributed by atoms with Gasteiger partial charge >= 0.3 is 0 Å².